The minimum absolute atomic E-state index is 0.0137. The van der Waals surface area contributed by atoms with Crippen molar-refractivity contribution in [2.75, 3.05) is 18.4 Å². The lowest BCUT2D eigenvalue weighted by molar-refractivity contribution is 0.0718. The number of likely N-dealkylation sites (tertiary alicyclic amines) is 1. The normalized spacial score (nSPS) is 14.6. The molecule has 0 atom stereocenters. The third-order valence-electron chi connectivity index (χ3n) is 3.95. The Morgan fingerprint density at radius 1 is 1.22 bits per heavy atom. The highest BCUT2D eigenvalue weighted by Gasteiger charge is 2.19. The summed E-state index contributed by atoms with van der Waals surface area (Å²) in [6.07, 6.45) is 4.96. The summed E-state index contributed by atoms with van der Waals surface area (Å²) in [7, 11) is 0. The number of anilines is 2. The number of nitrogens with zero attached hydrogens (tertiary/aromatic N) is 3. The summed E-state index contributed by atoms with van der Waals surface area (Å²) in [6.45, 7) is 3.66. The predicted molar refractivity (Wildman–Crippen MR) is 93.9 cm³/mol. The summed E-state index contributed by atoms with van der Waals surface area (Å²) in [5.74, 6) is 0.420. The molecule has 1 saturated heterocycles. The minimum Gasteiger partial charge on any atom is -0.337 e. The molecule has 0 bridgehead atoms. The van der Waals surface area contributed by atoms with Crippen molar-refractivity contribution >= 4 is 33.5 Å². The van der Waals surface area contributed by atoms with E-state index in [1.165, 1.54) is 6.42 Å². The van der Waals surface area contributed by atoms with Gasteiger partial charge in [-0.1, -0.05) is 22.0 Å². The van der Waals surface area contributed by atoms with Gasteiger partial charge in [0.25, 0.3) is 5.91 Å². The monoisotopic (exact) mass is 374 g/mol. The van der Waals surface area contributed by atoms with E-state index in [2.05, 4.69) is 31.2 Å². The molecule has 120 valence electrons. The van der Waals surface area contributed by atoms with Crippen LogP contribution in [0.2, 0.25) is 0 Å². The maximum atomic E-state index is 12.5. The largest absolute Gasteiger partial charge is 0.337 e. The van der Waals surface area contributed by atoms with E-state index < -0.39 is 0 Å². The second kappa shape index (κ2) is 7.08. The van der Waals surface area contributed by atoms with Crippen LogP contribution in [0.25, 0.3) is 0 Å². The molecular weight excluding hydrogens is 356 g/mol. The quantitative estimate of drug-likeness (QED) is 0.884. The zero-order valence-electron chi connectivity index (χ0n) is 13.1. The van der Waals surface area contributed by atoms with E-state index >= 15 is 0 Å². The van der Waals surface area contributed by atoms with Crippen molar-refractivity contribution in [2.24, 2.45) is 0 Å². The van der Waals surface area contributed by atoms with Crippen molar-refractivity contribution < 1.29 is 4.79 Å². The number of hydrogen-bond acceptors (Lipinski definition) is 4. The first-order chi connectivity index (χ1) is 11.1. The van der Waals surface area contributed by atoms with Crippen molar-refractivity contribution in [2.45, 2.75) is 26.2 Å². The fourth-order valence-corrected chi connectivity index (χ4v) is 2.98. The van der Waals surface area contributed by atoms with Gasteiger partial charge in [-0.2, -0.15) is 0 Å². The van der Waals surface area contributed by atoms with Gasteiger partial charge in [0.1, 0.15) is 5.69 Å². The van der Waals surface area contributed by atoms with E-state index in [-0.39, 0.29) is 5.91 Å². The summed E-state index contributed by atoms with van der Waals surface area (Å²) < 4.78 is 1.02. The molecule has 23 heavy (non-hydrogen) atoms. The molecule has 0 radical (unpaired) electrons. The van der Waals surface area contributed by atoms with Gasteiger partial charge in [-0.25, -0.2) is 9.97 Å². The van der Waals surface area contributed by atoms with Gasteiger partial charge in [0.05, 0.1) is 0 Å². The van der Waals surface area contributed by atoms with E-state index in [1.54, 1.807) is 12.3 Å². The third kappa shape index (κ3) is 3.88. The molecule has 6 heteroatoms. The van der Waals surface area contributed by atoms with Crippen LogP contribution in [0.1, 0.15) is 35.3 Å². The number of carbonyl (C=O) groups is 1. The number of nitrogens with one attached hydrogen (secondary N) is 1. The smallest absolute Gasteiger partial charge is 0.272 e. The van der Waals surface area contributed by atoms with Gasteiger partial charge in [-0.15, -0.1) is 0 Å². The van der Waals surface area contributed by atoms with E-state index in [1.807, 2.05) is 30.0 Å². The first-order valence-electron chi connectivity index (χ1n) is 7.79. The average Bonchev–Trinajstić information content (AvgIpc) is 2.58. The van der Waals surface area contributed by atoms with Gasteiger partial charge in [0.2, 0.25) is 5.95 Å². The number of rotatable bonds is 3. The number of aryl methyl sites for hydroxylation is 1. The molecular formula is C17H19BrN4O. The molecule has 3 rings (SSSR count). The zero-order chi connectivity index (χ0) is 16.2. The molecule has 1 fully saturated rings. The molecule has 0 spiro atoms. The first-order valence-corrected chi connectivity index (χ1v) is 8.58. The van der Waals surface area contributed by atoms with Crippen LogP contribution in [-0.4, -0.2) is 33.9 Å². The van der Waals surface area contributed by atoms with Crippen molar-refractivity contribution in [3.8, 4) is 0 Å². The van der Waals surface area contributed by atoms with Crippen LogP contribution in [0.15, 0.2) is 34.9 Å². The van der Waals surface area contributed by atoms with Gasteiger partial charge in [0.15, 0.2) is 0 Å². The Kier molecular flexibility index (Phi) is 4.91. The van der Waals surface area contributed by atoms with Crippen LogP contribution < -0.4 is 5.32 Å². The highest BCUT2D eigenvalue weighted by atomic mass is 79.9. The van der Waals surface area contributed by atoms with E-state index in [9.17, 15) is 4.79 Å². The maximum absolute atomic E-state index is 12.5. The lowest BCUT2D eigenvalue weighted by Gasteiger charge is -2.26. The Labute approximate surface area is 144 Å². The molecule has 5 nitrogen and oxygen atoms in total. The molecule has 1 aliphatic rings. The Morgan fingerprint density at radius 3 is 2.74 bits per heavy atom. The Morgan fingerprint density at radius 2 is 2.00 bits per heavy atom. The molecule has 1 aliphatic heterocycles. The maximum Gasteiger partial charge on any atom is 0.272 e. The topological polar surface area (TPSA) is 58.1 Å². The van der Waals surface area contributed by atoms with Crippen LogP contribution in [0.4, 0.5) is 11.6 Å². The van der Waals surface area contributed by atoms with Crippen LogP contribution >= 0.6 is 15.9 Å². The number of piperidine rings is 1. The molecule has 2 heterocycles. The molecule has 1 amide bonds. The number of hydrogen-bond donors (Lipinski definition) is 1. The lowest BCUT2D eigenvalue weighted by Crippen LogP contribution is -2.36. The summed E-state index contributed by atoms with van der Waals surface area (Å²) >= 11 is 3.51. The van der Waals surface area contributed by atoms with E-state index in [4.69, 9.17) is 0 Å². The Bertz CT molecular complexity index is 713. The summed E-state index contributed by atoms with van der Waals surface area (Å²) in [5, 5.41) is 3.15. The van der Waals surface area contributed by atoms with Crippen molar-refractivity contribution in [3.05, 3.63) is 46.2 Å². The number of carbonyl (C=O) groups excluding carboxylic acids is 1. The first kappa shape index (κ1) is 15.9. The molecule has 0 saturated carbocycles. The molecule has 1 N–H and O–H groups in total. The second-order valence-corrected chi connectivity index (χ2v) is 6.56. The van der Waals surface area contributed by atoms with Crippen LogP contribution in [-0.2, 0) is 0 Å². The van der Waals surface area contributed by atoms with Gasteiger partial charge in [0, 0.05) is 29.4 Å². The van der Waals surface area contributed by atoms with Gasteiger partial charge >= 0.3 is 0 Å². The van der Waals surface area contributed by atoms with Crippen LogP contribution in [0.5, 0.6) is 0 Å². The van der Waals surface area contributed by atoms with Crippen LogP contribution in [0.3, 0.4) is 0 Å². The van der Waals surface area contributed by atoms with Gasteiger partial charge in [-0.05, 0) is 49.9 Å². The number of benzene rings is 1. The fraction of sp³-hybridized carbons (Fsp3) is 0.353. The molecule has 1 aromatic carbocycles. The number of aromatic nitrogens is 2. The lowest BCUT2D eigenvalue weighted by atomic mass is 10.1. The van der Waals surface area contributed by atoms with Gasteiger partial charge in [-0.3, -0.25) is 4.79 Å². The zero-order valence-corrected chi connectivity index (χ0v) is 14.6. The standard InChI is InChI=1S/C17H19BrN4O/c1-12-5-6-13(11-14(12)18)20-17-19-8-7-15(21-17)16(23)22-9-3-2-4-10-22/h5-8,11H,2-4,9-10H2,1H3,(H,19,20,21). The van der Waals surface area contributed by atoms with E-state index in [0.29, 0.717) is 11.6 Å². The van der Waals surface area contributed by atoms with Crippen molar-refractivity contribution in [1.82, 2.24) is 14.9 Å². The number of halogens is 1. The molecule has 2 aromatic rings. The summed E-state index contributed by atoms with van der Waals surface area (Å²) in [5.41, 5.74) is 2.48. The van der Waals surface area contributed by atoms with Crippen molar-refractivity contribution in [1.29, 1.82) is 0 Å². The third-order valence-corrected chi connectivity index (χ3v) is 4.80. The van der Waals surface area contributed by atoms with Gasteiger partial charge < -0.3 is 10.2 Å². The van der Waals surface area contributed by atoms with Crippen LogP contribution in [0, 0.1) is 6.92 Å². The molecule has 0 unspecified atom stereocenters. The minimum atomic E-state index is -0.0137. The van der Waals surface area contributed by atoms with E-state index in [0.717, 1.165) is 41.7 Å². The summed E-state index contributed by atoms with van der Waals surface area (Å²) in [6, 6.07) is 7.61. The predicted octanol–water partition coefficient (Wildman–Crippen LogP) is 3.92. The molecule has 0 aliphatic carbocycles. The average molecular weight is 375 g/mol. The molecule has 1 aromatic heterocycles. The van der Waals surface area contributed by atoms with Crippen molar-refractivity contribution in [3.63, 3.8) is 0 Å². The fourth-order valence-electron chi connectivity index (χ4n) is 2.60. The summed E-state index contributed by atoms with van der Waals surface area (Å²) in [4.78, 5) is 22.9. The highest BCUT2D eigenvalue weighted by Crippen LogP contribution is 2.22. The Balaban J connectivity index is 1.76. The highest BCUT2D eigenvalue weighted by molar-refractivity contribution is 9.10. The second-order valence-electron chi connectivity index (χ2n) is 5.71. The SMILES string of the molecule is Cc1ccc(Nc2nccc(C(=O)N3CCCCC3)n2)cc1Br. The Hall–Kier alpha value is -1.95. The number of amides is 1.